The number of unbranched alkanes of at least 4 members (excludes halogenated alkanes) is 2. The van der Waals surface area contributed by atoms with Crippen molar-refractivity contribution in [3.8, 4) is 17.6 Å². The van der Waals surface area contributed by atoms with Gasteiger partial charge in [0.2, 0.25) is 0 Å². The van der Waals surface area contributed by atoms with E-state index < -0.39 is 0 Å². The molecule has 154 valence electrons. The Balaban J connectivity index is 1.45. The zero-order valence-corrected chi connectivity index (χ0v) is 18.3. The summed E-state index contributed by atoms with van der Waals surface area (Å²) in [5.74, 6) is 9.17. The Labute approximate surface area is 177 Å². The second-order valence-corrected chi connectivity index (χ2v) is 8.39. The minimum Gasteiger partial charge on any atom is -0.494 e. The minimum absolute atomic E-state index is 0.544. The molecule has 0 amide bonds. The summed E-state index contributed by atoms with van der Waals surface area (Å²) in [7, 11) is 0. The second kappa shape index (κ2) is 11.7. The molecular weight excluding hydrogens is 352 g/mol. The Kier molecular flexibility index (Phi) is 8.69. The molecule has 2 aromatic carbocycles. The van der Waals surface area contributed by atoms with Gasteiger partial charge in [-0.3, -0.25) is 0 Å². The molecule has 3 rings (SSSR count). The monoisotopic (exact) mass is 388 g/mol. The molecule has 1 fully saturated rings. The number of hydrogen-bond donors (Lipinski definition) is 0. The Bertz CT molecular complexity index is 768. The highest BCUT2D eigenvalue weighted by atomic mass is 16.5. The van der Waals surface area contributed by atoms with Crippen molar-refractivity contribution >= 4 is 0 Å². The van der Waals surface area contributed by atoms with Gasteiger partial charge in [-0.2, -0.15) is 0 Å². The molecule has 0 saturated heterocycles. The zero-order valence-electron chi connectivity index (χ0n) is 18.3. The first kappa shape index (κ1) is 21.5. The normalized spacial score (nSPS) is 18.7. The Morgan fingerprint density at radius 1 is 0.828 bits per heavy atom. The number of hydrogen-bond acceptors (Lipinski definition) is 1. The van der Waals surface area contributed by atoms with Gasteiger partial charge in [-0.15, -0.1) is 0 Å². The second-order valence-electron chi connectivity index (χ2n) is 8.39. The van der Waals surface area contributed by atoms with Crippen LogP contribution in [-0.4, -0.2) is 6.61 Å². The average Bonchev–Trinajstić information content (AvgIpc) is 2.77. The van der Waals surface area contributed by atoms with Crippen molar-refractivity contribution in [2.45, 2.75) is 77.6 Å². The maximum Gasteiger partial charge on any atom is 0.119 e. The predicted octanol–water partition coefficient (Wildman–Crippen LogP) is 7.53. The molecule has 0 N–H and O–H groups in total. The van der Waals surface area contributed by atoms with Crippen LogP contribution in [0, 0.1) is 17.8 Å². The molecule has 0 atom stereocenters. The lowest BCUT2D eigenvalue weighted by atomic mass is 9.79. The molecule has 1 saturated carbocycles. The fourth-order valence-electron chi connectivity index (χ4n) is 4.18. The highest BCUT2D eigenvalue weighted by Gasteiger charge is 2.21. The molecule has 0 aliphatic heterocycles. The highest BCUT2D eigenvalue weighted by Crippen LogP contribution is 2.36. The standard InChI is InChI=1S/C28H36O/c1-3-5-6-22-29-28-20-18-27(19-21-28)26-16-14-25(15-17-26)13-12-24-10-8-23(7-4-2)9-11-24/h8-11,18-21,25-26H,3-7,14-17,22H2,1-2H3/t25-,26-. The van der Waals surface area contributed by atoms with Gasteiger partial charge in [0, 0.05) is 11.5 Å². The van der Waals surface area contributed by atoms with Crippen molar-refractivity contribution in [3.05, 3.63) is 65.2 Å². The van der Waals surface area contributed by atoms with Gasteiger partial charge in [-0.05, 0) is 79.8 Å². The number of benzene rings is 2. The van der Waals surface area contributed by atoms with Crippen LogP contribution in [0.4, 0.5) is 0 Å². The molecule has 29 heavy (non-hydrogen) atoms. The summed E-state index contributed by atoms with van der Waals surface area (Å²) in [5, 5.41) is 0. The molecule has 0 bridgehead atoms. The van der Waals surface area contributed by atoms with Gasteiger partial charge in [0.25, 0.3) is 0 Å². The lowest BCUT2D eigenvalue weighted by molar-refractivity contribution is 0.306. The average molecular weight is 389 g/mol. The fraction of sp³-hybridized carbons (Fsp3) is 0.500. The van der Waals surface area contributed by atoms with Crippen molar-refractivity contribution in [1.82, 2.24) is 0 Å². The third kappa shape index (κ3) is 6.97. The van der Waals surface area contributed by atoms with Gasteiger partial charge < -0.3 is 4.74 Å². The van der Waals surface area contributed by atoms with E-state index in [1.807, 2.05) is 0 Å². The van der Waals surface area contributed by atoms with Gasteiger partial charge in [-0.1, -0.05) is 69.2 Å². The SMILES string of the molecule is CCCCCOc1ccc([C@H]2CC[C@H](C#Cc3ccc(CCC)cc3)CC2)cc1. The van der Waals surface area contributed by atoms with E-state index in [1.54, 1.807) is 0 Å². The van der Waals surface area contributed by atoms with E-state index in [2.05, 4.69) is 74.2 Å². The zero-order chi connectivity index (χ0) is 20.3. The summed E-state index contributed by atoms with van der Waals surface area (Å²) >= 11 is 0. The predicted molar refractivity (Wildman–Crippen MR) is 123 cm³/mol. The molecule has 2 aromatic rings. The van der Waals surface area contributed by atoms with E-state index in [4.69, 9.17) is 4.74 Å². The van der Waals surface area contributed by atoms with Crippen molar-refractivity contribution in [3.63, 3.8) is 0 Å². The van der Waals surface area contributed by atoms with E-state index in [-0.39, 0.29) is 0 Å². The van der Waals surface area contributed by atoms with Crippen LogP contribution in [0.1, 0.15) is 87.8 Å². The van der Waals surface area contributed by atoms with E-state index >= 15 is 0 Å². The first-order valence-corrected chi connectivity index (χ1v) is 11.6. The van der Waals surface area contributed by atoms with Gasteiger partial charge in [0.15, 0.2) is 0 Å². The van der Waals surface area contributed by atoms with E-state index in [0.29, 0.717) is 11.8 Å². The number of aryl methyl sites for hydroxylation is 1. The van der Waals surface area contributed by atoms with Crippen LogP contribution < -0.4 is 4.74 Å². The van der Waals surface area contributed by atoms with Gasteiger partial charge in [0.05, 0.1) is 6.61 Å². The maximum atomic E-state index is 5.84. The highest BCUT2D eigenvalue weighted by molar-refractivity contribution is 5.37. The van der Waals surface area contributed by atoms with Crippen molar-refractivity contribution in [1.29, 1.82) is 0 Å². The lowest BCUT2D eigenvalue weighted by Crippen LogP contribution is -2.12. The molecule has 1 aliphatic rings. The van der Waals surface area contributed by atoms with Crippen molar-refractivity contribution < 1.29 is 4.74 Å². The third-order valence-electron chi connectivity index (χ3n) is 6.01. The maximum absolute atomic E-state index is 5.84. The van der Waals surface area contributed by atoms with Gasteiger partial charge in [-0.25, -0.2) is 0 Å². The summed E-state index contributed by atoms with van der Waals surface area (Å²) in [6.07, 6.45) is 10.9. The van der Waals surface area contributed by atoms with Crippen molar-refractivity contribution in [2.75, 3.05) is 6.61 Å². The number of ether oxygens (including phenoxy) is 1. The summed E-state index contributed by atoms with van der Waals surface area (Å²) in [4.78, 5) is 0. The molecular formula is C28H36O. The molecule has 0 unspecified atom stereocenters. The first-order chi connectivity index (χ1) is 14.3. The molecule has 0 radical (unpaired) electrons. The third-order valence-corrected chi connectivity index (χ3v) is 6.01. The van der Waals surface area contributed by atoms with E-state index in [0.717, 1.165) is 30.8 Å². The topological polar surface area (TPSA) is 9.23 Å². The lowest BCUT2D eigenvalue weighted by Gasteiger charge is -2.26. The van der Waals surface area contributed by atoms with Crippen LogP contribution in [0.3, 0.4) is 0 Å². The summed E-state index contributed by atoms with van der Waals surface area (Å²) < 4.78 is 5.84. The smallest absolute Gasteiger partial charge is 0.119 e. The van der Waals surface area contributed by atoms with Crippen LogP contribution in [0.2, 0.25) is 0 Å². The van der Waals surface area contributed by atoms with E-state index in [1.165, 1.54) is 56.1 Å². The van der Waals surface area contributed by atoms with Crippen LogP contribution in [0.25, 0.3) is 0 Å². The van der Waals surface area contributed by atoms with Crippen LogP contribution >= 0.6 is 0 Å². The fourth-order valence-corrected chi connectivity index (χ4v) is 4.18. The molecule has 1 heteroatoms. The summed E-state index contributed by atoms with van der Waals surface area (Å²) in [6.45, 7) is 5.28. The molecule has 0 aromatic heterocycles. The van der Waals surface area contributed by atoms with Crippen LogP contribution in [-0.2, 0) is 6.42 Å². The Hall–Kier alpha value is -2.20. The molecule has 0 heterocycles. The van der Waals surface area contributed by atoms with Crippen molar-refractivity contribution in [2.24, 2.45) is 5.92 Å². The molecule has 1 nitrogen and oxygen atoms in total. The Morgan fingerprint density at radius 3 is 2.21 bits per heavy atom. The van der Waals surface area contributed by atoms with Gasteiger partial charge >= 0.3 is 0 Å². The van der Waals surface area contributed by atoms with E-state index in [9.17, 15) is 0 Å². The molecule has 1 aliphatic carbocycles. The minimum atomic E-state index is 0.544. The quantitative estimate of drug-likeness (QED) is 0.335. The molecule has 0 spiro atoms. The largest absolute Gasteiger partial charge is 0.494 e. The van der Waals surface area contributed by atoms with Crippen LogP contribution in [0.5, 0.6) is 5.75 Å². The summed E-state index contributed by atoms with van der Waals surface area (Å²) in [6, 6.07) is 17.6. The number of rotatable bonds is 8. The first-order valence-electron chi connectivity index (χ1n) is 11.6. The summed E-state index contributed by atoms with van der Waals surface area (Å²) in [5.41, 5.74) is 4.03. The Morgan fingerprint density at radius 2 is 1.55 bits per heavy atom. The van der Waals surface area contributed by atoms with Gasteiger partial charge in [0.1, 0.15) is 5.75 Å². The van der Waals surface area contributed by atoms with Crippen LogP contribution in [0.15, 0.2) is 48.5 Å².